The van der Waals surface area contributed by atoms with Crippen LogP contribution in [0.3, 0.4) is 0 Å². The van der Waals surface area contributed by atoms with Gasteiger partial charge in [-0.25, -0.2) is 0 Å². The van der Waals surface area contributed by atoms with Crippen molar-refractivity contribution in [2.45, 2.75) is 17.7 Å². The Labute approximate surface area is 109 Å². The van der Waals surface area contributed by atoms with E-state index < -0.39 is 0 Å². The Morgan fingerprint density at radius 3 is 2.41 bits per heavy atom. The number of amides is 1. The van der Waals surface area contributed by atoms with Gasteiger partial charge < -0.3 is 4.90 Å². The van der Waals surface area contributed by atoms with Crippen LogP contribution in [-0.4, -0.2) is 28.7 Å². The molecule has 0 bridgehead atoms. The Morgan fingerprint density at radius 1 is 1.29 bits per heavy atom. The van der Waals surface area contributed by atoms with E-state index in [4.69, 9.17) is 5.26 Å². The standard InChI is InChI=1S/C13H13BrN2O/c14-12-5-7-16(8-6-12)13(17)11-3-1-10(9-15)2-4-11/h1-4,12H,5-8H2. The summed E-state index contributed by atoms with van der Waals surface area (Å²) in [6.45, 7) is 1.60. The Balaban J connectivity index is 2.06. The van der Waals surface area contributed by atoms with Crippen molar-refractivity contribution in [2.24, 2.45) is 0 Å². The van der Waals surface area contributed by atoms with Gasteiger partial charge in [0, 0.05) is 23.5 Å². The van der Waals surface area contributed by atoms with Crippen LogP contribution in [0, 0.1) is 11.3 Å². The molecule has 88 valence electrons. The van der Waals surface area contributed by atoms with Crippen LogP contribution in [0.15, 0.2) is 24.3 Å². The van der Waals surface area contributed by atoms with Gasteiger partial charge in [-0.05, 0) is 37.1 Å². The van der Waals surface area contributed by atoms with Crippen molar-refractivity contribution in [2.75, 3.05) is 13.1 Å². The van der Waals surface area contributed by atoms with Crippen LogP contribution in [-0.2, 0) is 0 Å². The number of hydrogen-bond donors (Lipinski definition) is 0. The van der Waals surface area contributed by atoms with Crippen molar-refractivity contribution in [3.63, 3.8) is 0 Å². The van der Waals surface area contributed by atoms with Crippen molar-refractivity contribution < 1.29 is 4.79 Å². The van der Waals surface area contributed by atoms with Gasteiger partial charge in [-0.3, -0.25) is 4.79 Å². The highest BCUT2D eigenvalue weighted by Gasteiger charge is 2.21. The third-order valence-corrected chi connectivity index (χ3v) is 3.89. The fourth-order valence-corrected chi connectivity index (χ4v) is 2.33. The molecule has 0 atom stereocenters. The van der Waals surface area contributed by atoms with E-state index >= 15 is 0 Å². The highest BCUT2D eigenvalue weighted by atomic mass is 79.9. The van der Waals surface area contributed by atoms with Crippen LogP contribution < -0.4 is 0 Å². The molecular weight excluding hydrogens is 280 g/mol. The van der Waals surface area contributed by atoms with Crippen LogP contribution in [0.2, 0.25) is 0 Å². The van der Waals surface area contributed by atoms with Crippen LogP contribution in [0.25, 0.3) is 0 Å². The first kappa shape index (κ1) is 12.1. The van der Waals surface area contributed by atoms with Gasteiger partial charge in [-0.15, -0.1) is 0 Å². The molecule has 1 aliphatic rings. The lowest BCUT2D eigenvalue weighted by molar-refractivity contribution is 0.0728. The molecule has 0 saturated carbocycles. The maximum absolute atomic E-state index is 12.1. The second-order valence-electron chi connectivity index (χ2n) is 4.16. The van der Waals surface area contributed by atoms with Crippen LogP contribution in [0.4, 0.5) is 0 Å². The predicted octanol–water partition coefficient (Wildman–Crippen LogP) is 2.56. The molecule has 1 heterocycles. The van der Waals surface area contributed by atoms with E-state index in [0.29, 0.717) is 16.0 Å². The highest BCUT2D eigenvalue weighted by Crippen LogP contribution is 2.19. The molecule has 17 heavy (non-hydrogen) atoms. The molecule has 1 saturated heterocycles. The molecule has 0 radical (unpaired) electrons. The highest BCUT2D eigenvalue weighted by molar-refractivity contribution is 9.09. The van der Waals surface area contributed by atoms with Crippen LogP contribution >= 0.6 is 15.9 Å². The average molecular weight is 293 g/mol. The van der Waals surface area contributed by atoms with Gasteiger partial charge in [-0.2, -0.15) is 5.26 Å². The Bertz CT molecular complexity index is 441. The summed E-state index contributed by atoms with van der Waals surface area (Å²) in [5.74, 6) is 0.0638. The third-order valence-electron chi connectivity index (χ3n) is 2.97. The van der Waals surface area contributed by atoms with Gasteiger partial charge in [0.25, 0.3) is 5.91 Å². The van der Waals surface area contributed by atoms with Crippen LogP contribution in [0.5, 0.6) is 0 Å². The number of likely N-dealkylation sites (tertiary alicyclic amines) is 1. The smallest absolute Gasteiger partial charge is 0.253 e. The number of piperidine rings is 1. The topological polar surface area (TPSA) is 44.1 Å². The number of nitriles is 1. The van der Waals surface area contributed by atoms with Gasteiger partial charge in [0.05, 0.1) is 11.6 Å². The minimum absolute atomic E-state index is 0.0638. The lowest BCUT2D eigenvalue weighted by Gasteiger charge is -2.29. The van der Waals surface area contributed by atoms with E-state index in [0.717, 1.165) is 25.9 Å². The zero-order chi connectivity index (χ0) is 12.3. The van der Waals surface area contributed by atoms with E-state index in [9.17, 15) is 4.79 Å². The molecule has 4 heteroatoms. The summed E-state index contributed by atoms with van der Waals surface area (Å²) < 4.78 is 0. The summed E-state index contributed by atoms with van der Waals surface area (Å²) in [6.07, 6.45) is 2.00. The molecule has 1 aliphatic heterocycles. The summed E-state index contributed by atoms with van der Waals surface area (Å²) in [4.78, 5) is 14.5. The lowest BCUT2D eigenvalue weighted by atomic mass is 10.1. The van der Waals surface area contributed by atoms with E-state index in [1.165, 1.54) is 0 Å². The van der Waals surface area contributed by atoms with Crippen molar-refractivity contribution in [1.29, 1.82) is 5.26 Å². The van der Waals surface area contributed by atoms with Crippen molar-refractivity contribution >= 4 is 21.8 Å². The fraction of sp³-hybridized carbons (Fsp3) is 0.385. The molecule has 3 nitrogen and oxygen atoms in total. The number of nitrogens with zero attached hydrogens (tertiary/aromatic N) is 2. The molecule has 0 unspecified atom stereocenters. The summed E-state index contributed by atoms with van der Waals surface area (Å²) in [6, 6.07) is 8.86. The molecule has 1 amide bonds. The first-order valence-corrected chi connectivity index (χ1v) is 6.56. The molecule has 2 rings (SSSR count). The molecule has 0 N–H and O–H groups in total. The first-order chi connectivity index (χ1) is 8.20. The Kier molecular flexibility index (Phi) is 3.80. The number of hydrogen-bond acceptors (Lipinski definition) is 2. The fourth-order valence-electron chi connectivity index (χ4n) is 1.92. The van der Waals surface area contributed by atoms with Crippen LogP contribution in [0.1, 0.15) is 28.8 Å². The number of carbonyl (C=O) groups excluding carboxylic acids is 1. The summed E-state index contributed by atoms with van der Waals surface area (Å²) >= 11 is 3.57. The first-order valence-electron chi connectivity index (χ1n) is 5.64. The van der Waals surface area contributed by atoms with Gasteiger partial charge in [-0.1, -0.05) is 15.9 Å². The van der Waals surface area contributed by atoms with E-state index in [2.05, 4.69) is 15.9 Å². The van der Waals surface area contributed by atoms with E-state index in [1.54, 1.807) is 24.3 Å². The summed E-state index contributed by atoms with van der Waals surface area (Å²) in [5, 5.41) is 8.69. The zero-order valence-corrected chi connectivity index (χ0v) is 11.0. The van der Waals surface area contributed by atoms with Gasteiger partial charge >= 0.3 is 0 Å². The number of carbonyl (C=O) groups is 1. The number of alkyl halides is 1. The minimum Gasteiger partial charge on any atom is -0.339 e. The predicted molar refractivity (Wildman–Crippen MR) is 69.0 cm³/mol. The normalized spacial score (nSPS) is 16.6. The van der Waals surface area contributed by atoms with Gasteiger partial charge in [0.15, 0.2) is 0 Å². The number of rotatable bonds is 1. The molecule has 0 aliphatic carbocycles. The van der Waals surface area contributed by atoms with Gasteiger partial charge in [0.1, 0.15) is 0 Å². The lowest BCUT2D eigenvalue weighted by Crippen LogP contribution is -2.38. The Morgan fingerprint density at radius 2 is 1.88 bits per heavy atom. The SMILES string of the molecule is N#Cc1ccc(C(=O)N2CCC(Br)CC2)cc1. The quantitative estimate of drug-likeness (QED) is 0.747. The number of halogens is 1. The van der Waals surface area contributed by atoms with Crippen molar-refractivity contribution in [3.8, 4) is 6.07 Å². The second kappa shape index (κ2) is 5.33. The molecule has 0 spiro atoms. The zero-order valence-electron chi connectivity index (χ0n) is 9.40. The summed E-state index contributed by atoms with van der Waals surface area (Å²) in [5.41, 5.74) is 1.25. The number of benzene rings is 1. The monoisotopic (exact) mass is 292 g/mol. The third kappa shape index (κ3) is 2.86. The van der Waals surface area contributed by atoms with Crippen molar-refractivity contribution in [1.82, 2.24) is 4.90 Å². The van der Waals surface area contributed by atoms with Gasteiger partial charge in [0.2, 0.25) is 0 Å². The van der Waals surface area contributed by atoms with E-state index in [1.807, 2.05) is 11.0 Å². The summed E-state index contributed by atoms with van der Waals surface area (Å²) in [7, 11) is 0. The second-order valence-corrected chi connectivity index (χ2v) is 5.45. The van der Waals surface area contributed by atoms with Crippen molar-refractivity contribution in [3.05, 3.63) is 35.4 Å². The molecular formula is C13H13BrN2O. The molecule has 1 fully saturated rings. The minimum atomic E-state index is 0.0638. The molecule has 0 aromatic heterocycles. The maximum Gasteiger partial charge on any atom is 0.253 e. The largest absolute Gasteiger partial charge is 0.339 e. The Hall–Kier alpha value is -1.34. The van der Waals surface area contributed by atoms with E-state index in [-0.39, 0.29) is 5.91 Å². The average Bonchev–Trinajstić information content (AvgIpc) is 2.39. The molecule has 1 aromatic rings. The molecule has 1 aromatic carbocycles. The maximum atomic E-state index is 12.1.